The first kappa shape index (κ1) is 26.2. The van der Waals surface area contributed by atoms with Gasteiger partial charge in [-0.05, 0) is 42.4 Å². The van der Waals surface area contributed by atoms with Gasteiger partial charge in [0.25, 0.3) is 11.5 Å². The number of carbonyl (C=O) groups is 2. The maximum atomic E-state index is 13.8. The fourth-order valence-corrected chi connectivity index (χ4v) is 4.75. The second-order valence-electron chi connectivity index (χ2n) is 8.54. The van der Waals surface area contributed by atoms with Gasteiger partial charge in [0.05, 0.1) is 18.8 Å². The number of carbonyl (C=O) groups excluding carboxylic acids is 2. The number of fused-ring (bicyclic) bond motifs is 1. The number of aromatic nitrogens is 2. The SMILES string of the molecule is C=C(/C=C\SC)C(=O)N1CCN(c2c(C(=O)OCC)c(=O)n(Cc3ccccc3)c3ncccc23)CC1. The summed E-state index contributed by atoms with van der Waals surface area (Å²) >= 11 is 1.50. The number of amides is 1. The third-order valence-electron chi connectivity index (χ3n) is 6.22. The van der Waals surface area contributed by atoms with Crippen molar-refractivity contribution >= 4 is 40.4 Å². The van der Waals surface area contributed by atoms with Crippen molar-refractivity contribution in [3.63, 3.8) is 0 Å². The average Bonchev–Trinajstić information content (AvgIpc) is 2.93. The summed E-state index contributed by atoms with van der Waals surface area (Å²) in [4.78, 5) is 48.1. The Morgan fingerprint density at radius 1 is 1.11 bits per heavy atom. The molecule has 1 amide bonds. The van der Waals surface area contributed by atoms with Crippen LogP contribution in [0, 0.1) is 0 Å². The minimum absolute atomic E-state index is 0.00892. The summed E-state index contributed by atoms with van der Waals surface area (Å²) in [6, 6.07) is 13.2. The molecule has 0 radical (unpaired) electrons. The number of thioether (sulfide) groups is 1. The van der Waals surface area contributed by atoms with Crippen LogP contribution in [0.4, 0.5) is 5.69 Å². The second kappa shape index (κ2) is 11.9. The molecule has 1 aromatic carbocycles. The summed E-state index contributed by atoms with van der Waals surface area (Å²) in [6.45, 7) is 7.78. The monoisotopic (exact) mass is 518 g/mol. The molecule has 0 saturated carbocycles. The van der Waals surface area contributed by atoms with E-state index in [1.165, 1.54) is 16.3 Å². The van der Waals surface area contributed by atoms with E-state index in [0.717, 1.165) is 5.56 Å². The Hall–Kier alpha value is -3.85. The van der Waals surface area contributed by atoms with Gasteiger partial charge in [-0.1, -0.05) is 36.9 Å². The van der Waals surface area contributed by atoms with Crippen molar-refractivity contribution in [2.24, 2.45) is 0 Å². The van der Waals surface area contributed by atoms with Crippen LogP contribution in [0.5, 0.6) is 0 Å². The quantitative estimate of drug-likeness (QED) is 0.255. The zero-order chi connectivity index (χ0) is 26.4. The fourth-order valence-electron chi connectivity index (χ4n) is 4.45. The summed E-state index contributed by atoms with van der Waals surface area (Å²) in [7, 11) is 0. The van der Waals surface area contributed by atoms with E-state index in [1.807, 2.05) is 53.0 Å². The van der Waals surface area contributed by atoms with E-state index < -0.39 is 11.5 Å². The number of piperazine rings is 1. The Labute approximate surface area is 220 Å². The third-order valence-corrected chi connectivity index (χ3v) is 6.63. The van der Waals surface area contributed by atoms with Crippen molar-refractivity contribution in [1.29, 1.82) is 0 Å². The van der Waals surface area contributed by atoms with Crippen LogP contribution in [0.25, 0.3) is 11.0 Å². The van der Waals surface area contributed by atoms with Crippen LogP contribution < -0.4 is 10.5 Å². The molecule has 1 saturated heterocycles. The first-order valence-electron chi connectivity index (χ1n) is 12.1. The number of anilines is 1. The largest absolute Gasteiger partial charge is 0.462 e. The molecule has 1 fully saturated rings. The Balaban J connectivity index is 1.75. The molecule has 37 heavy (non-hydrogen) atoms. The van der Waals surface area contributed by atoms with Crippen molar-refractivity contribution in [1.82, 2.24) is 14.5 Å². The van der Waals surface area contributed by atoms with E-state index in [-0.39, 0.29) is 24.6 Å². The molecule has 0 N–H and O–H groups in total. The minimum Gasteiger partial charge on any atom is -0.462 e. The first-order valence-corrected chi connectivity index (χ1v) is 13.4. The van der Waals surface area contributed by atoms with Gasteiger partial charge in [-0.15, -0.1) is 11.8 Å². The summed E-state index contributed by atoms with van der Waals surface area (Å²) in [6.07, 6.45) is 5.27. The average molecular weight is 519 g/mol. The number of pyridine rings is 2. The van der Waals surface area contributed by atoms with E-state index in [1.54, 1.807) is 30.2 Å². The van der Waals surface area contributed by atoms with Crippen LogP contribution in [-0.2, 0) is 16.1 Å². The molecule has 0 aliphatic carbocycles. The molecule has 4 rings (SSSR count). The van der Waals surface area contributed by atoms with Gasteiger partial charge < -0.3 is 14.5 Å². The van der Waals surface area contributed by atoms with Crippen molar-refractivity contribution in [2.45, 2.75) is 13.5 Å². The fraction of sp³-hybridized carbons (Fsp3) is 0.286. The lowest BCUT2D eigenvalue weighted by molar-refractivity contribution is -0.127. The lowest BCUT2D eigenvalue weighted by Gasteiger charge is -2.37. The molecule has 3 aromatic rings. The topological polar surface area (TPSA) is 84.7 Å². The van der Waals surface area contributed by atoms with Crippen molar-refractivity contribution < 1.29 is 14.3 Å². The smallest absolute Gasteiger partial charge is 0.345 e. The minimum atomic E-state index is -0.663. The lowest BCUT2D eigenvalue weighted by atomic mass is 10.1. The molecule has 1 aliphatic heterocycles. The molecule has 1 aliphatic rings. The lowest BCUT2D eigenvalue weighted by Crippen LogP contribution is -2.50. The van der Waals surface area contributed by atoms with Gasteiger partial charge in [0.1, 0.15) is 11.2 Å². The maximum Gasteiger partial charge on any atom is 0.345 e. The van der Waals surface area contributed by atoms with Crippen LogP contribution in [0.2, 0.25) is 0 Å². The number of nitrogens with zero attached hydrogens (tertiary/aromatic N) is 4. The van der Waals surface area contributed by atoms with Gasteiger partial charge >= 0.3 is 5.97 Å². The van der Waals surface area contributed by atoms with Gasteiger partial charge in [0, 0.05) is 43.3 Å². The van der Waals surface area contributed by atoms with E-state index in [2.05, 4.69) is 11.6 Å². The molecular weight excluding hydrogens is 488 g/mol. The molecule has 2 aromatic heterocycles. The molecule has 0 atom stereocenters. The molecule has 192 valence electrons. The number of ether oxygens (including phenoxy) is 1. The van der Waals surface area contributed by atoms with E-state index >= 15 is 0 Å². The highest BCUT2D eigenvalue weighted by Gasteiger charge is 2.30. The Bertz CT molecular complexity index is 1390. The zero-order valence-corrected chi connectivity index (χ0v) is 21.9. The standard InChI is InChI=1S/C28H30N4O4S/c1-4-36-28(35)23-24(30-14-16-31(17-15-30)26(33)20(2)12-18-37-3)22-11-8-13-29-25(22)32(27(23)34)19-21-9-6-5-7-10-21/h5-13,18H,2,4,14-17,19H2,1,3H3/b18-12-. The molecule has 9 heteroatoms. The molecule has 3 heterocycles. The molecule has 0 bridgehead atoms. The van der Waals surface area contributed by atoms with Crippen molar-refractivity contribution in [3.8, 4) is 0 Å². The van der Waals surface area contributed by atoms with E-state index in [4.69, 9.17) is 4.74 Å². The Kier molecular flexibility index (Phi) is 8.45. The zero-order valence-electron chi connectivity index (χ0n) is 21.1. The first-order chi connectivity index (χ1) is 18.0. The Morgan fingerprint density at radius 2 is 1.84 bits per heavy atom. The summed E-state index contributed by atoms with van der Waals surface area (Å²) < 4.78 is 6.87. The summed E-state index contributed by atoms with van der Waals surface area (Å²) in [5.41, 5.74) is 1.88. The van der Waals surface area contributed by atoms with E-state index in [9.17, 15) is 14.4 Å². The number of esters is 1. The normalized spacial score (nSPS) is 13.8. The summed E-state index contributed by atoms with van der Waals surface area (Å²) in [5.74, 6) is -0.787. The van der Waals surface area contributed by atoms with Crippen molar-refractivity contribution in [2.75, 3.05) is 43.9 Å². The second-order valence-corrected chi connectivity index (χ2v) is 9.28. The number of hydrogen-bond donors (Lipinski definition) is 0. The highest BCUT2D eigenvalue weighted by Crippen LogP contribution is 2.30. The highest BCUT2D eigenvalue weighted by atomic mass is 32.2. The molecule has 0 spiro atoms. The van der Waals surface area contributed by atoms with Crippen LogP contribution in [0.15, 0.2) is 77.1 Å². The molecular formula is C28H30N4O4S. The predicted octanol–water partition coefficient (Wildman–Crippen LogP) is 3.70. The van der Waals surface area contributed by atoms with Crippen molar-refractivity contribution in [3.05, 3.63) is 93.8 Å². The summed E-state index contributed by atoms with van der Waals surface area (Å²) in [5, 5.41) is 2.51. The highest BCUT2D eigenvalue weighted by molar-refractivity contribution is 8.01. The third kappa shape index (κ3) is 5.61. The predicted molar refractivity (Wildman–Crippen MR) is 148 cm³/mol. The number of benzene rings is 1. The van der Waals surface area contributed by atoms with Crippen LogP contribution in [-0.4, -0.2) is 65.4 Å². The van der Waals surface area contributed by atoms with Crippen LogP contribution >= 0.6 is 11.8 Å². The van der Waals surface area contributed by atoms with E-state index in [0.29, 0.717) is 48.5 Å². The van der Waals surface area contributed by atoms with Gasteiger partial charge in [-0.3, -0.25) is 14.2 Å². The number of rotatable bonds is 8. The van der Waals surface area contributed by atoms with Gasteiger partial charge in [0.2, 0.25) is 0 Å². The van der Waals surface area contributed by atoms with Crippen LogP contribution in [0.1, 0.15) is 22.8 Å². The van der Waals surface area contributed by atoms with Gasteiger partial charge in [0.15, 0.2) is 0 Å². The van der Waals surface area contributed by atoms with Gasteiger partial charge in [-0.25, -0.2) is 9.78 Å². The maximum absolute atomic E-state index is 13.8. The van der Waals surface area contributed by atoms with Crippen LogP contribution in [0.3, 0.4) is 0 Å². The van der Waals surface area contributed by atoms with Gasteiger partial charge in [-0.2, -0.15) is 0 Å². The molecule has 8 nitrogen and oxygen atoms in total. The Morgan fingerprint density at radius 3 is 2.51 bits per heavy atom. The molecule has 0 unspecified atom stereocenters. The number of hydrogen-bond acceptors (Lipinski definition) is 7.